The third-order valence-corrected chi connectivity index (χ3v) is 3.50. The second-order valence-electron chi connectivity index (χ2n) is 5.70. The van der Waals surface area contributed by atoms with E-state index in [1.54, 1.807) is 28.8 Å². The molecule has 1 heterocycles. The molecule has 0 aliphatic heterocycles. The van der Waals surface area contributed by atoms with Gasteiger partial charge in [0.05, 0.1) is 5.92 Å². The highest BCUT2D eigenvalue weighted by atomic mass is 16.4. The van der Waals surface area contributed by atoms with Gasteiger partial charge in [0.1, 0.15) is 5.69 Å². The van der Waals surface area contributed by atoms with Gasteiger partial charge in [0, 0.05) is 24.8 Å². The molecule has 1 N–H and O–H groups in total. The number of aliphatic carboxylic acids is 1. The molecule has 0 radical (unpaired) electrons. The minimum Gasteiger partial charge on any atom is -0.481 e. The molecule has 1 aromatic rings. The minimum absolute atomic E-state index is 0.167. The van der Waals surface area contributed by atoms with Gasteiger partial charge in [-0.15, -0.1) is 0 Å². The number of rotatable bonds is 6. The predicted molar refractivity (Wildman–Crippen MR) is 73.5 cm³/mol. The summed E-state index contributed by atoms with van der Waals surface area (Å²) in [6.45, 7) is 5.85. The van der Waals surface area contributed by atoms with Crippen molar-refractivity contribution < 1.29 is 14.7 Å². The van der Waals surface area contributed by atoms with Crippen LogP contribution in [0.2, 0.25) is 0 Å². The Bertz CT molecular complexity index is 506. The molecule has 110 valence electrons. The molecule has 0 saturated heterocycles. The smallest absolute Gasteiger partial charge is 0.308 e. The molecule has 1 atom stereocenters. The van der Waals surface area contributed by atoms with E-state index in [2.05, 4.69) is 5.10 Å². The quantitative estimate of drug-likeness (QED) is 0.861. The van der Waals surface area contributed by atoms with Crippen LogP contribution >= 0.6 is 0 Å². The Morgan fingerprint density at radius 3 is 2.55 bits per heavy atom. The summed E-state index contributed by atoms with van der Waals surface area (Å²) in [5, 5.41) is 13.3. The second-order valence-corrected chi connectivity index (χ2v) is 5.70. The number of carboxylic acid groups (broad SMARTS) is 1. The van der Waals surface area contributed by atoms with E-state index in [0.717, 1.165) is 12.8 Å². The number of carboxylic acids is 1. The molecule has 1 amide bonds. The van der Waals surface area contributed by atoms with Crippen molar-refractivity contribution in [3.05, 3.63) is 18.0 Å². The molecule has 1 unspecified atom stereocenters. The molecular formula is C14H21N3O3. The van der Waals surface area contributed by atoms with Crippen molar-refractivity contribution in [3.63, 3.8) is 0 Å². The molecule has 1 saturated carbocycles. The predicted octanol–water partition coefficient (Wildman–Crippen LogP) is 1.79. The molecule has 1 aliphatic rings. The first kappa shape index (κ1) is 14.6. The summed E-state index contributed by atoms with van der Waals surface area (Å²) in [5.41, 5.74) is 0.392. The van der Waals surface area contributed by atoms with Crippen LogP contribution < -0.4 is 0 Å². The maximum atomic E-state index is 12.5. The molecule has 1 aliphatic carbocycles. The first-order chi connectivity index (χ1) is 9.40. The lowest BCUT2D eigenvalue weighted by atomic mass is 10.1. The van der Waals surface area contributed by atoms with Crippen molar-refractivity contribution in [3.8, 4) is 0 Å². The van der Waals surface area contributed by atoms with E-state index in [1.165, 1.54) is 0 Å². The van der Waals surface area contributed by atoms with Crippen molar-refractivity contribution in [1.29, 1.82) is 0 Å². The highest BCUT2D eigenvalue weighted by molar-refractivity contribution is 5.93. The summed E-state index contributed by atoms with van der Waals surface area (Å²) >= 11 is 0. The first-order valence-corrected chi connectivity index (χ1v) is 6.99. The zero-order chi connectivity index (χ0) is 14.9. The van der Waals surface area contributed by atoms with Crippen LogP contribution in [0.15, 0.2) is 12.3 Å². The van der Waals surface area contributed by atoms with Gasteiger partial charge in [0.25, 0.3) is 5.91 Å². The summed E-state index contributed by atoms with van der Waals surface area (Å²) in [4.78, 5) is 25.1. The number of amides is 1. The highest BCUT2D eigenvalue weighted by Gasteiger charge is 2.35. The van der Waals surface area contributed by atoms with Gasteiger partial charge >= 0.3 is 5.97 Å². The lowest BCUT2D eigenvalue weighted by Gasteiger charge is -2.23. The molecule has 1 fully saturated rings. The standard InChI is InChI=1S/C14H21N3O3/c1-9(2)17-7-6-12(15-17)13(18)16(11-4-5-11)8-10(3)14(19)20/h6-7,9-11H,4-5,8H2,1-3H3,(H,19,20). The van der Waals surface area contributed by atoms with Crippen molar-refractivity contribution in [2.45, 2.75) is 45.7 Å². The van der Waals surface area contributed by atoms with Crippen molar-refractivity contribution >= 4 is 11.9 Å². The van der Waals surface area contributed by atoms with E-state index < -0.39 is 11.9 Å². The monoisotopic (exact) mass is 279 g/mol. The SMILES string of the molecule is CC(CN(C(=O)c1ccn(C(C)C)n1)C1CC1)C(=O)O. The minimum atomic E-state index is -0.879. The van der Waals surface area contributed by atoms with Gasteiger partial charge in [-0.1, -0.05) is 6.92 Å². The maximum Gasteiger partial charge on any atom is 0.308 e. The van der Waals surface area contributed by atoms with Crippen LogP contribution in [-0.4, -0.2) is 44.3 Å². The van der Waals surface area contributed by atoms with Crippen LogP contribution in [0.1, 0.15) is 50.1 Å². The maximum absolute atomic E-state index is 12.5. The molecule has 1 aromatic heterocycles. The zero-order valence-electron chi connectivity index (χ0n) is 12.1. The Morgan fingerprint density at radius 2 is 2.10 bits per heavy atom. The Balaban J connectivity index is 2.12. The number of hydrogen-bond donors (Lipinski definition) is 1. The third kappa shape index (κ3) is 3.18. The lowest BCUT2D eigenvalue weighted by Crippen LogP contribution is -2.38. The average Bonchev–Trinajstić information content (AvgIpc) is 3.10. The largest absolute Gasteiger partial charge is 0.481 e. The number of hydrogen-bond acceptors (Lipinski definition) is 3. The molecule has 2 rings (SSSR count). The normalized spacial score (nSPS) is 16.2. The summed E-state index contributed by atoms with van der Waals surface area (Å²) in [6.07, 6.45) is 3.68. The lowest BCUT2D eigenvalue weighted by molar-refractivity contribution is -0.141. The van der Waals surface area contributed by atoms with Crippen LogP contribution in [0.3, 0.4) is 0 Å². The van der Waals surface area contributed by atoms with Gasteiger partial charge < -0.3 is 10.0 Å². The van der Waals surface area contributed by atoms with E-state index in [9.17, 15) is 9.59 Å². The first-order valence-electron chi connectivity index (χ1n) is 6.99. The number of carbonyl (C=O) groups is 2. The number of nitrogens with zero attached hydrogens (tertiary/aromatic N) is 3. The zero-order valence-corrected chi connectivity index (χ0v) is 12.1. The van der Waals surface area contributed by atoms with Gasteiger partial charge in [-0.25, -0.2) is 0 Å². The summed E-state index contributed by atoms with van der Waals surface area (Å²) < 4.78 is 1.74. The molecular weight excluding hydrogens is 258 g/mol. The summed E-state index contributed by atoms with van der Waals surface area (Å²) in [6, 6.07) is 2.07. The van der Waals surface area contributed by atoms with E-state index in [4.69, 9.17) is 5.11 Å². The van der Waals surface area contributed by atoms with E-state index >= 15 is 0 Å². The van der Waals surface area contributed by atoms with Gasteiger partial charge in [0.2, 0.25) is 0 Å². The number of carbonyl (C=O) groups excluding carboxylic acids is 1. The van der Waals surface area contributed by atoms with E-state index in [-0.39, 0.29) is 24.5 Å². The Hall–Kier alpha value is -1.85. The van der Waals surface area contributed by atoms with E-state index in [1.807, 2.05) is 13.8 Å². The number of aromatic nitrogens is 2. The van der Waals surface area contributed by atoms with Crippen LogP contribution in [-0.2, 0) is 4.79 Å². The molecule has 20 heavy (non-hydrogen) atoms. The van der Waals surface area contributed by atoms with Crippen LogP contribution in [0, 0.1) is 5.92 Å². The Morgan fingerprint density at radius 1 is 1.45 bits per heavy atom. The van der Waals surface area contributed by atoms with E-state index in [0.29, 0.717) is 5.69 Å². The average molecular weight is 279 g/mol. The second kappa shape index (κ2) is 5.64. The van der Waals surface area contributed by atoms with Gasteiger partial charge in [-0.2, -0.15) is 5.10 Å². The highest BCUT2D eigenvalue weighted by Crippen LogP contribution is 2.29. The van der Waals surface area contributed by atoms with Crippen molar-refractivity contribution in [2.24, 2.45) is 5.92 Å². The van der Waals surface area contributed by atoms with Crippen molar-refractivity contribution in [2.75, 3.05) is 6.54 Å². The molecule has 0 aromatic carbocycles. The molecule has 6 heteroatoms. The van der Waals surface area contributed by atoms with Gasteiger partial charge in [-0.3, -0.25) is 14.3 Å². The summed E-state index contributed by atoms with van der Waals surface area (Å²) in [5.74, 6) is -1.61. The fourth-order valence-electron chi connectivity index (χ4n) is 2.04. The topological polar surface area (TPSA) is 75.4 Å². The molecule has 0 spiro atoms. The molecule has 6 nitrogen and oxygen atoms in total. The Labute approximate surface area is 118 Å². The molecule has 0 bridgehead atoms. The van der Waals surface area contributed by atoms with Crippen LogP contribution in [0.5, 0.6) is 0 Å². The van der Waals surface area contributed by atoms with Gasteiger partial charge in [-0.05, 0) is 32.8 Å². The summed E-state index contributed by atoms with van der Waals surface area (Å²) in [7, 11) is 0. The Kier molecular flexibility index (Phi) is 4.11. The van der Waals surface area contributed by atoms with Crippen molar-refractivity contribution in [1.82, 2.24) is 14.7 Å². The fourth-order valence-corrected chi connectivity index (χ4v) is 2.04. The van der Waals surface area contributed by atoms with Crippen LogP contribution in [0.25, 0.3) is 0 Å². The van der Waals surface area contributed by atoms with Crippen LogP contribution in [0.4, 0.5) is 0 Å². The fraction of sp³-hybridized carbons (Fsp3) is 0.643. The third-order valence-electron chi connectivity index (χ3n) is 3.50. The van der Waals surface area contributed by atoms with Gasteiger partial charge in [0.15, 0.2) is 0 Å².